The molecule has 1 N–H and O–H groups in total. The Hall–Kier alpha value is -3.78. The number of amides is 1. The van der Waals surface area contributed by atoms with Crippen molar-refractivity contribution in [1.82, 2.24) is 4.98 Å². The predicted molar refractivity (Wildman–Crippen MR) is 120 cm³/mol. The normalized spacial score (nSPS) is 15.8. The molecule has 3 heterocycles. The van der Waals surface area contributed by atoms with Crippen LogP contribution in [0.15, 0.2) is 77.5 Å². The summed E-state index contributed by atoms with van der Waals surface area (Å²) in [5.41, 5.74) is 1.17. The second kappa shape index (κ2) is 9.15. The summed E-state index contributed by atoms with van der Waals surface area (Å²) in [6, 6.07) is 13.9. The van der Waals surface area contributed by atoms with Gasteiger partial charge in [0, 0.05) is 11.9 Å². The maximum absolute atomic E-state index is 13.2. The van der Waals surface area contributed by atoms with Gasteiger partial charge >= 0.3 is 5.97 Å². The summed E-state index contributed by atoms with van der Waals surface area (Å²) in [7, 11) is 0. The fourth-order valence-electron chi connectivity index (χ4n) is 3.50. The zero-order chi connectivity index (χ0) is 22.7. The Morgan fingerprint density at radius 2 is 1.91 bits per heavy atom. The van der Waals surface area contributed by atoms with E-state index in [2.05, 4.69) is 4.98 Å². The zero-order valence-corrected chi connectivity index (χ0v) is 18.0. The fraction of sp³-hybridized carbons (Fsp3) is 0.167. The summed E-state index contributed by atoms with van der Waals surface area (Å²) < 4.78 is 5.14. The molecule has 32 heavy (non-hydrogen) atoms. The number of pyridine rings is 1. The molecule has 1 unspecified atom stereocenters. The van der Waals surface area contributed by atoms with Crippen LogP contribution in [0.5, 0.6) is 0 Å². The summed E-state index contributed by atoms with van der Waals surface area (Å²) in [6.07, 6.45) is 2.28. The molecule has 8 heteroatoms. The third-order valence-electron chi connectivity index (χ3n) is 4.98. The minimum Gasteiger partial charge on any atom is -0.503 e. The molecular formula is C24H20N2O5S. The van der Waals surface area contributed by atoms with Gasteiger partial charge in [-0.25, -0.2) is 4.79 Å². The molecule has 0 saturated carbocycles. The molecule has 0 radical (unpaired) electrons. The number of nitrogens with zero attached hydrogens (tertiary/aromatic N) is 2. The van der Waals surface area contributed by atoms with Crippen LogP contribution in [0.3, 0.4) is 0 Å². The van der Waals surface area contributed by atoms with Gasteiger partial charge in [-0.2, -0.15) is 0 Å². The number of esters is 1. The highest BCUT2D eigenvalue weighted by Crippen LogP contribution is 2.41. The summed E-state index contributed by atoms with van der Waals surface area (Å²) in [5, 5.41) is 12.5. The Morgan fingerprint density at radius 1 is 1.12 bits per heavy atom. The van der Waals surface area contributed by atoms with Gasteiger partial charge in [0.1, 0.15) is 6.04 Å². The van der Waals surface area contributed by atoms with Gasteiger partial charge in [-0.05, 0) is 54.3 Å². The number of ketones is 1. The van der Waals surface area contributed by atoms with E-state index in [9.17, 15) is 19.5 Å². The molecule has 7 nitrogen and oxygen atoms in total. The third kappa shape index (κ3) is 3.92. The fourth-order valence-corrected chi connectivity index (χ4v) is 4.18. The number of anilines is 1. The SMILES string of the molecule is CCCOC(=O)c1ccc(N2C(=O)C(O)=C(C(=O)c3cccs3)C2c2ccccn2)cc1. The average Bonchev–Trinajstić information content (AvgIpc) is 3.45. The van der Waals surface area contributed by atoms with Crippen LogP contribution >= 0.6 is 11.3 Å². The number of hydrogen-bond acceptors (Lipinski definition) is 7. The van der Waals surface area contributed by atoms with Crippen molar-refractivity contribution in [1.29, 1.82) is 0 Å². The number of carbonyl (C=O) groups excluding carboxylic acids is 3. The Morgan fingerprint density at radius 3 is 2.53 bits per heavy atom. The lowest BCUT2D eigenvalue weighted by molar-refractivity contribution is -0.117. The van der Waals surface area contributed by atoms with Crippen molar-refractivity contribution in [3.05, 3.63) is 93.6 Å². The quantitative estimate of drug-likeness (QED) is 0.422. The van der Waals surface area contributed by atoms with Crippen molar-refractivity contribution in [2.45, 2.75) is 19.4 Å². The molecule has 4 rings (SSSR count). The molecule has 0 aliphatic carbocycles. The van der Waals surface area contributed by atoms with Gasteiger partial charge in [-0.1, -0.05) is 19.1 Å². The molecular weight excluding hydrogens is 428 g/mol. The second-order valence-corrected chi connectivity index (χ2v) is 8.03. The van der Waals surface area contributed by atoms with E-state index in [0.29, 0.717) is 34.8 Å². The van der Waals surface area contributed by atoms with E-state index >= 15 is 0 Å². The van der Waals surface area contributed by atoms with Crippen LogP contribution in [0.4, 0.5) is 5.69 Å². The Bertz CT molecular complexity index is 1170. The molecule has 0 saturated heterocycles. The molecule has 1 aliphatic heterocycles. The number of aliphatic hydroxyl groups excluding tert-OH is 1. The van der Waals surface area contributed by atoms with E-state index in [-0.39, 0.29) is 5.57 Å². The molecule has 0 bridgehead atoms. The topological polar surface area (TPSA) is 96.8 Å². The molecule has 0 spiro atoms. The van der Waals surface area contributed by atoms with Crippen LogP contribution in [-0.4, -0.2) is 34.4 Å². The first-order chi connectivity index (χ1) is 15.5. The van der Waals surface area contributed by atoms with Gasteiger partial charge in [-0.3, -0.25) is 19.5 Å². The predicted octanol–water partition coefficient (Wildman–Crippen LogP) is 4.49. The monoisotopic (exact) mass is 448 g/mol. The highest BCUT2D eigenvalue weighted by molar-refractivity contribution is 7.12. The largest absolute Gasteiger partial charge is 0.503 e. The van der Waals surface area contributed by atoms with Crippen LogP contribution in [0.1, 0.15) is 45.1 Å². The van der Waals surface area contributed by atoms with Gasteiger partial charge in [-0.15, -0.1) is 11.3 Å². The van der Waals surface area contributed by atoms with Crippen molar-refractivity contribution >= 4 is 34.7 Å². The maximum Gasteiger partial charge on any atom is 0.338 e. The summed E-state index contributed by atoms with van der Waals surface area (Å²) in [4.78, 5) is 44.5. The first-order valence-electron chi connectivity index (χ1n) is 10.1. The molecule has 162 valence electrons. The van der Waals surface area contributed by atoms with Crippen LogP contribution in [0.25, 0.3) is 0 Å². The number of thiophene rings is 1. The molecule has 1 aliphatic rings. The van der Waals surface area contributed by atoms with E-state index in [4.69, 9.17) is 4.74 Å². The number of rotatable bonds is 7. The highest BCUT2D eigenvalue weighted by Gasteiger charge is 2.45. The van der Waals surface area contributed by atoms with Gasteiger partial charge in [0.2, 0.25) is 5.78 Å². The third-order valence-corrected chi connectivity index (χ3v) is 5.85. The van der Waals surface area contributed by atoms with Crippen molar-refractivity contribution in [2.75, 3.05) is 11.5 Å². The molecule has 2 aromatic heterocycles. The smallest absolute Gasteiger partial charge is 0.338 e. The minimum absolute atomic E-state index is 0.0254. The van der Waals surface area contributed by atoms with E-state index in [1.54, 1.807) is 66.2 Å². The first-order valence-corrected chi connectivity index (χ1v) is 10.9. The van der Waals surface area contributed by atoms with E-state index in [1.807, 2.05) is 6.92 Å². The Balaban J connectivity index is 1.74. The molecule has 0 fully saturated rings. The summed E-state index contributed by atoms with van der Waals surface area (Å²) in [5.74, 6) is -2.20. The highest BCUT2D eigenvalue weighted by atomic mass is 32.1. The summed E-state index contributed by atoms with van der Waals surface area (Å²) >= 11 is 1.23. The molecule has 1 atom stereocenters. The van der Waals surface area contributed by atoms with Crippen molar-refractivity contribution in [2.24, 2.45) is 0 Å². The number of carbonyl (C=O) groups is 3. The average molecular weight is 449 g/mol. The lowest BCUT2D eigenvalue weighted by atomic mass is 9.98. The van der Waals surface area contributed by atoms with Crippen LogP contribution in [-0.2, 0) is 9.53 Å². The summed E-state index contributed by atoms with van der Waals surface area (Å²) in [6.45, 7) is 2.22. The minimum atomic E-state index is -0.906. The van der Waals surface area contributed by atoms with Gasteiger partial charge in [0.15, 0.2) is 5.76 Å². The van der Waals surface area contributed by atoms with Gasteiger partial charge < -0.3 is 9.84 Å². The van der Waals surface area contributed by atoms with E-state index in [1.165, 1.54) is 16.2 Å². The van der Waals surface area contributed by atoms with Crippen molar-refractivity contribution in [3.63, 3.8) is 0 Å². The van der Waals surface area contributed by atoms with Crippen LogP contribution in [0.2, 0.25) is 0 Å². The van der Waals surface area contributed by atoms with Gasteiger partial charge in [0.05, 0.1) is 28.3 Å². The van der Waals surface area contributed by atoms with E-state index in [0.717, 1.165) is 0 Å². The van der Waals surface area contributed by atoms with Crippen LogP contribution < -0.4 is 4.90 Å². The number of benzene rings is 1. The number of ether oxygens (including phenoxy) is 1. The Labute approximate surface area is 188 Å². The zero-order valence-electron chi connectivity index (χ0n) is 17.2. The lowest BCUT2D eigenvalue weighted by Gasteiger charge is -2.26. The van der Waals surface area contributed by atoms with Crippen molar-refractivity contribution < 1.29 is 24.2 Å². The first kappa shape index (κ1) is 21.5. The molecule has 1 aromatic carbocycles. The lowest BCUT2D eigenvalue weighted by Crippen LogP contribution is -2.31. The number of Topliss-reactive ketones (excluding diaryl/α,β-unsaturated/α-hetero) is 1. The van der Waals surface area contributed by atoms with Crippen molar-refractivity contribution in [3.8, 4) is 0 Å². The van der Waals surface area contributed by atoms with Crippen LogP contribution in [0, 0.1) is 0 Å². The standard InChI is InChI=1S/C24H20N2O5S/c1-2-13-31-24(30)15-8-10-16(11-9-15)26-20(17-6-3-4-12-25-17)19(22(28)23(26)29)21(27)18-7-5-14-32-18/h3-12,14,20,28H,2,13H2,1H3. The number of aliphatic hydroxyl groups is 1. The number of hydrogen-bond donors (Lipinski definition) is 1. The van der Waals surface area contributed by atoms with Gasteiger partial charge in [0.25, 0.3) is 5.91 Å². The second-order valence-electron chi connectivity index (χ2n) is 7.08. The number of aromatic nitrogens is 1. The molecule has 3 aromatic rings. The maximum atomic E-state index is 13.2. The van der Waals surface area contributed by atoms with E-state index < -0.39 is 29.5 Å². The molecule has 1 amide bonds. The Kier molecular flexibility index (Phi) is 6.13.